The van der Waals surface area contributed by atoms with E-state index in [0.717, 1.165) is 28.8 Å². The Labute approximate surface area is 207 Å². The van der Waals surface area contributed by atoms with E-state index in [2.05, 4.69) is 0 Å². The Kier molecular flexibility index (Phi) is 6.77. The molecule has 0 fully saturated rings. The highest BCUT2D eigenvalue weighted by molar-refractivity contribution is 6.03. The van der Waals surface area contributed by atoms with Crippen molar-refractivity contribution in [2.75, 3.05) is 13.2 Å². The van der Waals surface area contributed by atoms with Crippen LogP contribution >= 0.6 is 0 Å². The van der Waals surface area contributed by atoms with E-state index in [-0.39, 0.29) is 18.3 Å². The lowest BCUT2D eigenvalue weighted by atomic mass is 9.97. The van der Waals surface area contributed by atoms with Crippen molar-refractivity contribution in [1.82, 2.24) is 9.47 Å². The Morgan fingerprint density at radius 2 is 1.78 bits per heavy atom. The number of fused-ring (bicyclic) bond motifs is 2. The lowest BCUT2D eigenvalue weighted by Crippen LogP contribution is -2.39. The summed E-state index contributed by atoms with van der Waals surface area (Å²) < 4.78 is 52.6. The topological polar surface area (TPSA) is 60.8 Å². The molecule has 3 aromatic rings. The maximum Gasteiger partial charge on any atom is 0.416 e. The number of amides is 1. The zero-order chi connectivity index (χ0) is 26.3. The van der Waals surface area contributed by atoms with Crippen LogP contribution in [-0.4, -0.2) is 40.3 Å². The molecule has 0 saturated heterocycles. The molecule has 0 N–H and O–H groups in total. The van der Waals surface area contributed by atoms with E-state index in [0.29, 0.717) is 37.0 Å². The number of esters is 1. The van der Waals surface area contributed by atoms with Gasteiger partial charge in [0.05, 0.1) is 23.3 Å². The van der Waals surface area contributed by atoms with Gasteiger partial charge in [-0.05, 0) is 69.0 Å². The number of halogens is 3. The average Bonchev–Trinajstić information content (AvgIpc) is 3.19. The van der Waals surface area contributed by atoms with E-state index in [1.807, 2.05) is 39.0 Å². The molecule has 4 rings (SSSR count). The fraction of sp³-hybridized carbons (Fsp3) is 0.407. The summed E-state index contributed by atoms with van der Waals surface area (Å²) in [7, 11) is 0. The molecule has 0 atom stereocenters. The summed E-state index contributed by atoms with van der Waals surface area (Å²) in [5, 5.41) is 0.318. The van der Waals surface area contributed by atoms with E-state index >= 15 is 0 Å². The standard InChI is InChI=1S/C27H29F3N2O4/c1-5-35-24(33)22-14-21(27(28,29)30)13-19-9-10-31(23(19)22)15-17-6-7-20-16-32(11-8-18(20)12-17)25(34)36-26(2,3)4/h6-7,9-10,12-14H,5,8,11,15-16H2,1-4H3. The molecule has 2 aromatic carbocycles. The minimum absolute atomic E-state index is 0.0580. The summed E-state index contributed by atoms with van der Waals surface area (Å²) in [6.45, 7) is 8.51. The fourth-order valence-corrected chi connectivity index (χ4v) is 4.39. The third-order valence-electron chi connectivity index (χ3n) is 5.97. The van der Waals surface area contributed by atoms with Crippen molar-refractivity contribution in [1.29, 1.82) is 0 Å². The van der Waals surface area contributed by atoms with Crippen molar-refractivity contribution in [2.24, 2.45) is 0 Å². The number of ether oxygens (including phenoxy) is 2. The molecule has 192 valence electrons. The van der Waals surface area contributed by atoms with Crippen LogP contribution in [0.3, 0.4) is 0 Å². The third kappa shape index (κ3) is 5.50. The van der Waals surface area contributed by atoms with Crippen LogP contribution in [0.2, 0.25) is 0 Å². The minimum Gasteiger partial charge on any atom is -0.462 e. The second-order valence-electron chi connectivity index (χ2n) is 9.88. The van der Waals surface area contributed by atoms with E-state index in [1.54, 1.807) is 28.7 Å². The molecule has 0 aliphatic carbocycles. The molecule has 1 aliphatic heterocycles. The Bertz CT molecular complexity index is 1300. The molecule has 1 amide bonds. The van der Waals surface area contributed by atoms with Gasteiger partial charge >= 0.3 is 18.2 Å². The minimum atomic E-state index is -4.58. The number of carbonyl (C=O) groups is 2. The van der Waals surface area contributed by atoms with Crippen molar-refractivity contribution in [2.45, 2.75) is 59.0 Å². The molecule has 2 heterocycles. The summed E-state index contributed by atoms with van der Waals surface area (Å²) >= 11 is 0. The molecule has 36 heavy (non-hydrogen) atoms. The van der Waals surface area contributed by atoms with Crippen LogP contribution in [-0.2, 0) is 35.2 Å². The lowest BCUT2D eigenvalue weighted by molar-refractivity contribution is -0.137. The number of rotatable bonds is 4. The maximum atomic E-state index is 13.4. The maximum absolute atomic E-state index is 13.4. The molecular formula is C27H29F3N2O4. The van der Waals surface area contributed by atoms with Crippen LogP contribution in [0.1, 0.15) is 60.3 Å². The van der Waals surface area contributed by atoms with Gasteiger partial charge in [-0.3, -0.25) is 0 Å². The predicted molar refractivity (Wildman–Crippen MR) is 129 cm³/mol. The molecular weight excluding hydrogens is 473 g/mol. The number of benzene rings is 2. The SMILES string of the molecule is CCOC(=O)c1cc(C(F)(F)F)cc2ccn(Cc3ccc4c(c3)CCN(C(=O)OC(C)(C)C)C4)c12. The van der Waals surface area contributed by atoms with Crippen LogP contribution < -0.4 is 0 Å². The van der Waals surface area contributed by atoms with Gasteiger partial charge in [0.1, 0.15) is 5.60 Å². The molecule has 9 heteroatoms. The largest absolute Gasteiger partial charge is 0.462 e. The lowest BCUT2D eigenvalue weighted by Gasteiger charge is -2.31. The summed E-state index contributed by atoms with van der Waals surface area (Å²) in [5.74, 6) is -0.791. The highest BCUT2D eigenvalue weighted by Crippen LogP contribution is 2.34. The first-order valence-corrected chi connectivity index (χ1v) is 11.8. The van der Waals surface area contributed by atoms with Crippen LogP contribution in [0.4, 0.5) is 18.0 Å². The summed E-state index contributed by atoms with van der Waals surface area (Å²) in [5.41, 5.74) is 1.90. The van der Waals surface area contributed by atoms with Crippen LogP contribution in [0, 0.1) is 0 Å². The molecule has 0 saturated carbocycles. The highest BCUT2D eigenvalue weighted by atomic mass is 19.4. The number of aromatic nitrogens is 1. The number of hydrogen-bond acceptors (Lipinski definition) is 4. The average molecular weight is 503 g/mol. The van der Waals surface area contributed by atoms with Crippen molar-refractivity contribution in [3.8, 4) is 0 Å². The Morgan fingerprint density at radius 3 is 2.44 bits per heavy atom. The molecule has 1 aliphatic rings. The van der Waals surface area contributed by atoms with Gasteiger partial charge in [-0.25, -0.2) is 9.59 Å². The predicted octanol–water partition coefficient (Wildman–Crippen LogP) is 6.18. The van der Waals surface area contributed by atoms with Gasteiger partial charge in [0, 0.05) is 31.2 Å². The van der Waals surface area contributed by atoms with Gasteiger partial charge < -0.3 is 18.9 Å². The first-order valence-electron chi connectivity index (χ1n) is 11.8. The quantitative estimate of drug-likeness (QED) is 0.400. The Balaban J connectivity index is 1.62. The Morgan fingerprint density at radius 1 is 1.03 bits per heavy atom. The van der Waals surface area contributed by atoms with E-state index < -0.39 is 23.3 Å². The molecule has 1 aromatic heterocycles. The first-order chi connectivity index (χ1) is 16.9. The molecule has 0 radical (unpaired) electrons. The second kappa shape index (κ2) is 9.52. The molecule has 0 unspecified atom stereocenters. The number of nitrogens with zero attached hydrogens (tertiary/aromatic N) is 2. The van der Waals surface area contributed by atoms with Crippen molar-refractivity contribution in [3.05, 3.63) is 70.4 Å². The van der Waals surface area contributed by atoms with Gasteiger partial charge in [-0.15, -0.1) is 0 Å². The van der Waals surface area contributed by atoms with Crippen LogP contribution in [0.5, 0.6) is 0 Å². The van der Waals surface area contributed by atoms with E-state index in [1.165, 1.54) is 0 Å². The molecule has 6 nitrogen and oxygen atoms in total. The number of alkyl halides is 3. The van der Waals surface area contributed by atoms with Gasteiger partial charge in [-0.1, -0.05) is 18.2 Å². The number of carbonyl (C=O) groups excluding carboxylic acids is 2. The van der Waals surface area contributed by atoms with Gasteiger partial charge in [0.15, 0.2) is 0 Å². The van der Waals surface area contributed by atoms with Crippen molar-refractivity contribution >= 4 is 23.0 Å². The Hall–Kier alpha value is -3.49. The highest BCUT2D eigenvalue weighted by Gasteiger charge is 2.33. The zero-order valence-corrected chi connectivity index (χ0v) is 20.7. The summed E-state index contributed by atoms with van der Waals surface area (Å²) in [6.07, 6.45) is -2.58. The van der Waals surface area contributed by atoms with Crippen LogP contribution in [0.25, 0.3) is 10.9 Å². The zero-order valence-electron chi connectivity index (χ0n) is 20.7. The third-order valence-corrected chi connectivity index (χ3v) is 5.97. The van der Waals surface area contributed by atoms with E-state index in [4.69, 9.17) is 9.47 Å². The summed E-state index contributed by atoms with van der Waals surface area (Å²) in [4.78, 5) is 26.7. The van der Waals surface area contributed by atoms with Crippen LogP contribution in [0.15, 0.2) is 42.6 Å². The molecule has 0 bridgehead atoms. The first kappa shape index (κ1) is 25.6. The van der Waals surface area contributed by atoms with Gasteiger partial charge in [0.2, 0.25) is 0 Å². The van der Waals surface area contributed by atoms with E-state index in [9.17, 15) is 22.8 Å². The summed E-state index contributed by atoms with van der Waals surface area (Å²) in [6, 6.07) is 9.41. The van der Waals surface area contributed by atoms with Gasteiger partial charge in [-0.2, -0.15) is 13.2 Å². The van der Waals surface area contributed by atoms with Gasteiger partial charge in [0.25, 0.3) is 0 Å². The smallest absolute Gasteiger partial charge is 0.416 e. The monoisotopic (exact) mass is 502 g/mol. The molecule has 0 spiro atoms. The number of hydrogen-bond donors (Lipinski definition) is 0. The second-order valence-corrected chi connectivity index (χ2v) is 9.88. The van der Waals surface area contributed by atoms with Crippen molar-refractivity contribution < 1.29 is 32.2 Å². The normalized spacial score (nSPS) is 14.0. The fourth-order valence-electron chi connectivity index (χ4n) is 4.39. The van der Waals surface area contributed by atoms with Crippen molar-refractivity contribution in [3.63, 3.8) is 0 Å².